The highest BCUT2D eigenvalue weighted by Gasteiger charge is 2.64. The van der Waals surface area contributed by atoms with Crippen LogP contribution in [-0.4, -0.2) is 4.40 Å². The minimum absolute atomic E-state index is 0.205. The molecule has 0 aliphatic carbocycles. The second-order valence-electron chi connectivity index (χ2n) is 19.1. The van der Waals surface area contributed by atoms with Crippen molar-refractivity contribution in [2.75, 3.05) is 0 Å². The van der Waals surface area contributed by atoms with Gasteiger partial charge in [-0.2, -0.15) is 9.13 Å². The normalized spacial score (nSPS) is 19.1. The number of aromatic nitrogens is 3. The van der Waals surface area contributed by atoms with E-state index in [2.05, 4.69) is 182 Å². The first-order valence-electron chi connectivity index (χ1n) is 22.0. The second-order valence-corrected chi connectivity index (χ2v) is 19.1. The van der Waals surface area contributed by atoms with E-state index in [0.29, 0.717) is 0 Å². The summed E-state index contributed by atoms with van der Waals surface area (Å²) in [6.45, 7) is 17.3. The predicted molar refractivity (Wildman–Crippen MR) is 248 cm³/mol. The Labute approximate surface area is 351 Å². The molecule has 5 aromatic heterocycles. The van der Waals surface area contributed by atoms with Gasteiger partial charge in [0.25, 0.3) is 11.2 Å². The van der Waals surface area contributed by atoms with Gasteiger partial charge >= 0.3 is 0 Å². The molecule has 2 aliphatic heterocycles. The molecule has 4 heteroatoms. The van der Waals surface area contributed by atoms with Crippen LogP contribution >= 0.6 is 0 Å². The van der Waals surface area contributed by atoms with E-state index >= 15 is 0 Å². The number of hydrogen-bond donors (Lipinski definition) is 0. The number of allylic oxidation sites excluding steroid dienone is 1. The molecular weight excluding hydrogens is 731 g/mol. The third-order valence-electron chi connectivity index (χ3n) is 15.2. The van der Waals surface area contributed by atoms with Gasteiger partial charge in [0.05, 0.1) is 32.9 Å². The van der Waals surface area contributed by atoms with Gasteiger partial charge in [0.1, 0.15) is 11.2 Å². The minimum atomic E-state index is -0.525. The molecular formula is C56H51N3O+2. The number of nitrogens with zero attached hydrogens (tertiary/aromatic N) is 3. The Balaban J connectivity index is 1.18. The van der Waals surface area contributed by atoms with Crippen LogP contribution in [-0.2, 0) is 23.8 Å². The zero-order chi connectivity index (χ0) is 40.7. The summed E-state index contributed by atoms with van der Waals surface area (Å²) in [5.74, 6) is 0. The third-order valence-corrected chi connectivity index (χ3v) is 15.2. The van der Waals surface area contributed by atoms with E-state index < -0.39 is 5.54 Å². The average Bonchev–Trinajstić information content (AvgIpc) is 3.93. The predicted octanol–water partition coefficient (Wildman–Crippen LogP) is 13.5. The first kappa shape index (κ1) is 35.7. The lowest BCUT2D eigenvalue weighted by Gasteiger charge is -2.45. The van der Waals surface area contributed by atoms with Crippen molar-refractivity contribution in [2.24, 2.45) is 5.41 Å². The molecule has 294 valence electrons. The van der Waals surface area contributed by atoms with Gasteiger partial charge in [0.2, 0.25) is 11.4 Å². The monoisotopic (exact) mass is 781 g/mol. The smallest absolute Gasteiger partial charge is 0.257 e. The molecule has 0 radical (unpaired) electrons. The summed E-state index contributed by atoms with van der Waals surface area (Å²) >= 11 is 0. The van der Waals surface area contributed by atoms with Crippen molar-refractivity contribution >= 4 is 65.7 Å². The van der Waals surface area contributed by atoms with E-state index in [1.807, 2.05) is 0 Å². The van der Waals surface area contributed by atoms with Gasteiger partial charge in [-0.05, 0) is 104 Å². The van der Waals surface area contributed by atoms with Crippen LogP contribution in [0.1, 0.15) is 77.0 Å². The van der Waals surface area contributed by atoms with Crippen LogP contribution in [0.4, 0.5) is 0 Å². The van der Waals surface area contributed by atoms with Gasteiger partial charge < -0.3 is 8.82 Å². The van der Waals surface area contributed by atoms with Crippen LogP contribution < -0.4 is 9.13 Å². The molecule has 0 bridgehead atoms. The summed E-state index contributed by atoms with van der Waals surface area (Å²) < 4.78 is 14.3. The number of furan rings is 1. The Morgan fingerprint density at radius 2 is 1.53 bits per heavy atom. The largest absolute Gasteiger partial charge is 0.455 e. The number of para-hydroxylation sites is 2. The number of fused-ring (bicyclic) bond motifs is 19. The van der Waals surface area contributed by atoms with Crippen molar-refractivity contribution < 1.29 is 13.6 Å². The first-order valence-corrected chi connectivity index (χ1v) is 22.0. The maximum atomic E-state index is 6.71. The molecule has 2 atom stereocenters. The lowest BCUT2D eigenvalue weighted by atomic mass is 9.59. The Bertz CT molecular complexity index is 3430. The number of hydrogen-bond acceptors (Lipinski definition) is 1. The molecule has 12 rings (SSSR count). The van der Waals surface area contributed by atoms with Gasteiger partial charge in [-0.3, -0.25) is 0 Å². The van der Waals surface area contributed by atoms with Gasteiger partial charge in [0.15, 0.2) is 12.4 Å². The highest BCUT2D eigenvalue weighted by Crippen LogP contribution is 2.55. The number of unbranched alkanes of at least 4 members (excludes halogenated alkanes) is 1. The fourth-order valence-electron chi connectivity index (χ4n) is 11.9. The maximum absolute atomic E-state index is 6.71. The third kappa shape index (κ3) is 4.62. The fraction of sp³-hybridized carbons (Fsp3) is 0.250. The summed E-state index contributed by atoms with van der Waals surface area (Å²) in [6.07, 6.45) is 11.3. The van der Waals surface area contributed by atoms with Gasteiger partial charge in [-0.15, -0.1) is 0 Å². The molecule has 0 saturated carbocycles. The Hall–Kier alpha value is -6.26. The van der Waals surface area contributed by atoms with Gasteiger partial charge in [0, 0.05) is 63.7 Å². The van der Waals surface area contributed by atoms with Crippen molar-refractivity contribution in [3.8, 4) is 22.5 Å². The molecule has 0 amide bonds. The Kier molecular flexibility index (Phi) is 7.37. The molecule has 0 fully saturated rings. The molecule has 0 saturated heterocycles. The topological polar surface area (TPSA) is 25.3 Å². The van der Waals surface area contributed by atoms with E-state index in [1.54, 1.807) is 0 Å². The second kappa shape index (κ2) is 12.4. The van der Waals surface area contributed by atoms with E-state index in [1.165, 1.54) is 102 Å². The van der Waals surface area contributed by atoms with Crippen LogP contribution in [0.15, 0.2) is 145 Å². The summed E-state index contributed by atoms with van der Waals surface area (Å²) in [4.78, 5) is 0. The van der Waals surface area contributed by atoms with Crippen LogP contribution in [0.2, 0.25) is 0 Å². The van der Waals surface area contributed by atoms with Crippen molar-refractivity contribution in [3.05, 3.63) is 157 Å². The van der Waals surface area contributed by atoms with Crippen molar-refractivity contribution in [2.45, 2.75) is 84.1 Å². The molecule has 0 N–H and O–H groups in total. The summed E-state index contributed by atoms with van der Waals surface area (Å²) in [5, 5.41) is 7.34. The highest BCUT2D eigenvalue weighted by molar-refractivity contribution is 6.29. The molecule has 5 aromatic carbocycles. The lowest BCUT2D eigenvalue weighted by Crippen LogP contribution is -2.71. The standard InChI is InChI=1S/C56H51N3O/c1-7-8-27-54(3,4)34-36-26-30-58-48(31-36)44-32-43-40-19-15-20-42-51-47(24-23-41-39-18-11-12-22-50(39)60-53(41)51)59(52(40)42)49(43)33-45(44)55(5)28-25-37-16-9-10-17-38(37)46-21-13-14-29-57(46)35(2)56(55,58)6/h9-24,26,29-33H,2,7-8,25,27-28,34H2,1,3-6H3/q+2. The zero-order valence-corrected chi connectivity index (χ0v) is 35.4. The van der Waals surface area contributed by atoms with Crippen LogP contribution in [0, 0.1) is 5.41 Å². The number of pyridine rings is 2. The number of benzene rings is 5. The molecule has 7 heterocycles. The summed E-state index contributed by atoms with van der Waals surface area (Å²) in [7, 11) is 0. The summed E-state index contributed by atoms with van der Waals surface area (Å²) in [6, 6.07) is 45.6. The molecule has 10 aromatic rings. The molecule has 4 nitrogen and oxygen atoms in total. The highest BCUT2D eigenvalue weighted by atomic mass is 16.3. The maximum Gasteiger partial charge on any atom is 0.257 e. The minimum Gasteiger partial charge on any atom is -0.455 e. The van der Waals surface area contributed by atoms with E-state index in [9.17, 15) is 0 Å². The van der Waals surface area contributed by atoms with E-state index in [0.717, 1.165) is 41.5 Å². The Morgan fingerprint density at radius 3 is 2.42 bits per heavy atom. The van der Waals surface area contributed by atoms with Gasteiger partial charge in [-0.25, -0.2) is 0 Å². The molecule has 0 spiro atoms. The number of rotatable bonds is 5. The SMILES string of the molecule is C=C1[n+]2ccccc2-c2ccccc2CCC2(C)c3cc4c(cc3-c3cc(CC(C)(C)CCCC)cc[n+]3C12C)c1cccc2c3c5oc6ccccc6c5ccc3n4c12. The lowest BCUT2D eigenvalue weighted by molar-refractivity contribution is -0.769. The number of aryl methyl sites for hydroxylation is 1. The average molecular weight is 782 g/mol. The first-order chi connectivity index (χ1) is 29.1. The Morgan fingerprint density at radius 1 is 0.733 bits per heavy atom. The fourth-order valence-corrected chi connectivity index (χ4v) is 11.9. The van der Waals surface area contributed by atoms with Crippen molar-refractivity contribution in [3.63, 3.8) is 0 Å². The zero-order valence-electron chi connectivity index (χ0n) is 35.4. The quantitative estimate of drug-likeness (QED) is 0.160. The van der Waals surface area contributed by atoms with E-state index in [4.69, 9.17) is 11.0 Å². The van der Waals surface area contributed by atoms with Crippen molar-refractivity contribution in [1.29, 1.82) is 0 Å². The molecule has 2 unspecified atom stereocenters. The summed E-state index contributed by atoms with van der Waals surface area (Å²) in [5.41, 5.74) is 15.2. The van der Waals surface area contributed by atoms with Crippen molar-refractivity contribution in [1.82, 2.24) is 4.40 Å². The van der Waals surface area contributed by atoms with Gasteiger partial charge in [-0.1, -0.05) is 88.2 Å². The molecule has 2 aliphatic rings. The molecule has 60 heavy (non-hydrogen) atoms. The van der Waals surface area contributed by atoms with Crippen LogP contribution in [0.3, 0.4) is 0 Å². The van der Waals surface area contributed by atoms with Crippen LogP contribution in [0.5, 0.6) is 0 Å². The van der Waals surface area contributed by atoms with E-state index in [-0.39, 0.29) is 10.8 Å². The van der Waals surface area contributed by atoms with Crippen LogP contribution in [0.25, 0.3) is 88.2 Å².